The molecule has 0 saturated carbocycles. The molecular formula is C15H19Cl2N3OS. The monoisotopic (exact) mass is 359 g/mol. The molecule has 2 N–H and O–H groups in total. The molecule has 1 unspecified atom stereocenters. The van der Waals surface area contributed by atoms with Crippen LogP contribution in [0.5, 0.6) is 0 Å². The fourth-order valence-corrected chi connectivity index (χ4v) is 3.14. The van der Waals surface area contributed by atoms with Crippen molar-refractivity contribution in [2.24, 2.45) is 0 Å². The summed E-state index contributed by atoms with van der Waals surface area (Å²) >= 11 is 1.62. The van der Waals surface area contributed by atoms with Crippen LogP contribution in [0.1, 0.15) is 38.8 Å². The summed E-state index contributed by atoms with van der Waals surface area (Å²) in [5, 5.41) is 7.24. The van der Waals surface area contributed by atoms with E-state index >= 15 is 0 Å². The van der Waals surface area contributed by atoms with Gasteiger partial charge in [-0.1, -0.05) is 0 Å². The maximum absolute atomic E-state index is 12.3. The highest BCUT2D eigenvalue weighted by Gasteiger charge is 2.16. The first-order chi connectivity index (χ1) is 9.63. The van der Waals surface area contributed by atoms with Gasteiger partial charge in [0.05, 0.1) is 6.04 Å². The van der Waals surface area contributed by atoms with Gasteiger partial charge in [-0.3, -0.25) is 4.79 Å². The summed E-state index contributed by atoms with van der Waals surface area (Å²) in [5.41, 5.74) is 3.08. The quantitative estimate of drug-likeness (QED) is 0.877. The van der Waals surface area contributed by atoms with Gasteiger partial charge < -0.3 is 10.6 Å². The number of aryl methyl sites for hydroxylation is 1. The van der Waals surface area contributed by atoms with Crippen LogP contribution >= 0.6 is 36.2 Å². The highest BCUT2D eigenvalue weighted by atomic mass is 35.5. The van der Waals surface area contributed by atoms with Crippen molar-refractivity contribution >= 4 is 47.7 Å². The standard InChI is InChI=1S/C15H17N3OS.2ClH/c1-9-8-17-15(20-9)10(2)18-14(19)12-3-4-13-11(7-12)5-6-16-13;;/h3-4,7-8,10,16H,5-6H2,1-2H3,(H,18,19);2*1H. The number of carbonyl (C=O) groups is 1. The molecule has 4 nitrogen and oxygen atoms in total. The van der Waals surface area contributed by atoms with Gasteiger partial charge in [-0.15, -0.1) is 36.2 Å². The van der Waals surface area contributed by atoms with E-state index in [9.17, 15) is 4.79 Å². The Hall–Kier alpha value is -1.30. The molecule has 22 heavy (non-hydrogen) atoms. The topological polar surface area (TPSA) is 54.0 Å². The van der Waals surface area contributed by atoms with Gasteiger partial charge in [0.25, 0.3) is 5.91 Å². The number of nitrogens with zero attached hydrogens (tertiary/aromatic N) is 1. The third-order valence-corrected chi connectivity index (χ3v) is 4.53. The maximum atomic E-state index is 12.3. The second kappa shape index (κ2) is 7.81. The zero-order valence-electron chi connectivity index (χ0n) is 12.4. The van der Waals surface area contributed by atoms with Gasteiger partial charge in [0.15, 0.2) is 0 Å². The van der Waals surface area contributed by atoms with Crippen molar-refractivity contribution in [3.05, 3.63) is 45.4 Å². The third-order valence-electron chi connectivity index (χ3n) is 3.43. The smallest absolute Gasteiger partial charge is 0.251 e. The number of hydrogen-bond acceptors (Lipinski definition) is 4. The van der Waals surface area contributed by atoms with Crippen molar-refractivity contribution in [2.45, 2.75) is 26.3 Å². The molecule has 7 heteroatoms. The van der Waals surface area contributed by atoms with Crippen molar-refractivity contribution < 1.29 is 4.79 Å². The molecule has 1 aromatic heterocycles. The van der Waals surface area contributed by atoms with Crippen molar-refractivity contribution in [2.75, 3.05) is 11.9 Å². The fourth-order valence-electron chi connectivity index (χ4n) is 2.36. The second-order valence-electron chi connectivity index (χ2n) is 5.05. The number of fused-ring (bicyclic) bond motifs is 1. The van der Waals surface area contributed by atoms with E-state index in [4.69, 9.17) is 0 Å². The Labute approximate surface area is 146 Å². The van der Waals surface area contributed by atoms with Gasteiger partial charge in [0.2, 0.25) is 0 Å². The number of anilines is 1. The minimum Gasteiger partial charge on any atom is -0.384 e. The van der Waals surface area contributed by atoms with Gasteiger partial charge in [0.1, 0.15) is 5.01 Å². The third kappa shape index (κ3) is 3.91. The van der Waals surface area contributed by atoms with Crippen LogP contribution in [0.4, 0.5) is 5.69 Å². The first kappa shape index (κ1) is 18.7. The SMILES string of the molecule is Cc1cnc(C(C)NC(=O)c2ccc3c(c2)CCN3)s1.Cl.Cl. The lowest BCUT2D eigenvalue weighted by molar-refractivity contribution is 0.0940. The highest BCUT2D eigenvalue weighted by Crippen LogP contribution is 2.24. The normalized spacial score (nSPS) is 13.2. The Morgan fingerprint density at radius 3 is 2.86 bits per heavy atom. The number of rotatable bonds is 3. The average molecular weight is 360 g/mol. The number of hydrogen-bond donors (Lipinski definition) is 2. The average Bonchev–Trinajstić information content (AvgIpc) is 3.05. The molecule has 0 spiro atoms. The minimum atomic E-state index is -0.0624. The molecule has 1 amide bonds. The molecule has 3 rings (SSSR count). The number of halogens is 2. The van der Waals surface area contributed by atoms with Crippen LogP contribution in [0.3, 0.4) is 0 Å². The molecule has 1 atom stereocenters. The zero-order valence-corrected chi connectivity index (χ0v) is 14.8. The molecule has 0 bridgehead atoms. The summed E-state index contributed by atoms with van der Waals surface area (Å²) in [6, 6.07) is 5.76. The molecule has 0 saturated heterocycles. The number of amides is 1. The van der Waals surface area contributed by atoms with E-state index in [0.717, 1.165) is 28.5 Å². The van der Waals surface area contributed by atoms with Crippen LogP contribution in [-0.2, 0) is 6.42 Å². The molecule has 0 fully saturated rings. The summed E-state index contributed by atoms with van der Waals surface area (Å²) in [7, 11) is 0. The Bertz CT molecular complexity index is 660. The molecule has 0 radical (unpaired) electrons. The second-order valence-corrected chi connectivity index (χ2v) is 6.32. The Morgan fingerprint density at radius 1 is 1.41 bits per heavy atom. The van der Waals surface area contributed by atoms with Gasteiger partial charge in [-0.2, -0.15) is 0 Å². The van der Waals surface area contributed by atoms with Crippen LogP contribution in [0, 0.1) is 6.92 Å². The van der Waals surface area contributed by atoms with Crippen molar-refractivity contribution in [1.82, 2.24) is 10.3 Å². The minimum absolute atomic E-state index is 0. The molecule has 1 aliphatic rings. The van der Waals surface area contributed by atoms with E-state index < -0.39 is 0 Å². The highest BCUT2D eigenvalue weighted by molar-refractivity contribution is 7.11. The van der Waals surface area contributed by atoms with E-state index in [1.54, 1.807) is 11.3 Å². The molecule has 1 aliphatic heterocycles. The summed E-state index contributed by atoms with van der Waals surface area (Å²) in [4.78, 5) is 17.8. The summed E-state index contributed by atoms with van der Waals surface area (Å²) < 4.78 is 0. The number of benzene rings is 1. The number of thiazole rings is 1. The van der Waals surface area contributed by atoms with Crippen LogP contribution in [0.2, 0.25) is 0 Å². The first-order valence-electron chi connectivity index (χ1n) is 6.73. The molecule has 2 aromatic rings. The number of carbonyl (C=O) groups excluding carboxylic acids is 1. The lowest BCUT2D eigenvalue weighted by Gasteiger charge is -2.12. The van der Waals surface area contributed by atoms with Gasteiger partial charge in [-0.25, -0.2) is 4.98 Å². The lowest BCUT2D eigenvalue weighted by atomic mass is 10.1. The van der Waals surface area contributed by atoms with Gasteiger partial charge >= 0.3 is 0 Å². The van der Waals surface area contributed by atoms with Crippen molar-refractivity contribution in [3.63, 3.8) is 0 Å². The zero-order chi connectivity index (χ0) is 14.1. The van der Waals surface area contributed by atoms with Gasteiger partial charge in [0, 0.05) is 28.9 Å². The maximum Gasteiger partial charge on any atom is 0.251 e. The Balaban J connectivity index is 0.00000121. The van der Waals surface area contributed by atoms with Crippen LogP contribution < -0.4 is 10.6 Å². The van der Waals surface area contributed by atoms with Crippen molar-refractivity contribution in [3.8, 4) is 0 Å². The molecule has 1 aromatic carbocycles. The van der Waals surface area contributed by atoms with E-state index in [-0.39, 0.29) is 36.8 Å². The summed E-state index contributed by atoms with van der Waals surface area (Å²) in [6.07, 6.45) is 2.82. The first-order valence-corrected chi connectivity index (χ1v) is 7.55. The summed E-state index contributed by atoms with van der Waals surface area (Å²) in [5.74, 6) is -0.0416. The molecule has 2 heterocycles. The van der Waals surface area contributed by atoms with E-state index in [2.05, 4.69) is 15.6 Å². The predicted octanol–water partition coefficient (Wildman–Crippen LogP) is 3.75. The largest absolute Gasteiger partial charge is 0.384 e. The van der Waals surface area contributed by atoms with Crippen LogP contribution in [0.25, 0.3) is 0 Å². The Morgan fingerprint density at radius 2 is 2.18 bits per heavy atom. The van der Waals surface area contributed by atoms with Gasteiger partial charge in [-0.05, 0) is 44.0 Å². The van der Waals surface area contributed by atoms with Crippen LogP contribution in [0.15, 0.2) is 24.4 Å². The fraction of sp³-hybridized carbons (Fsp3) is 0.333. The lowest BCUT2D eigenvalue weighted by Crippen LogP contribution is -2.26. The van der Waals surface area contributed by atoms with E-state index in [1.165, 1.54) is 5.56 Å². The molecular weight excluding hydrogens is 341 g/mol. The van der Waals surface area contributed by atoms with E-state index in [1.807, 2.05) is 38.2 Å². The Kier molecular flexibility index (Phi) is 6.66. The van der Waals surface area contributed by atoms with Crippen LogP contribution in [-0.4, -0.2) is 17.4 Å². The molecule has 0 aliphatic carbocycles. The predicted molar refractivity (Wildman–Crippen MR) is 95.9 cm³/mol. The van der Waals surface area contributed by atoms with Crippen molar-refractivity contribution in [1.29, 1.82) is 0 Å². The number of nitrogens with one attached hydrogen (secondary N) is 2. The van der Waals surface area contributed by atoms with E-state index in [0.29, 0.717) is 5.56 Å². The number of aromatic nitrogens is 1. The molecule has 120 valence electrons. The summed E-state index contributed by atoms with van der Waals surface area (Å²) in [6.45, 7) is 4.93.